The number of alkyl halides is 1. The minimum absolute atomic E-state index is 0.0614. The molecular formula is C23H32ClNO3. The molecule has 0 unspecified atom stereocenters. The molecule has 6 atom stereocenters. The van der Waals surface area contributed by atoms with E-state index in [1.807, 2.05) is 30.3 Å². The molecule has 0 spiro atoms. The van der Waals surface area contributed by atoms with Crippen LogP contribution in [-0.4, -0.2) is 32.2 Å². The first-order chi connectivity index (χ1) is 13.3. The molecule has 154 valence electrons. The predicted octanol–water partition coefficient (Wildman–Crippen LogP) is 4.09. The molecule has 1 amide bonds. The molecule has 0 radical (unpaired) electrons. The highest BCUT2D eigenvalue weighted by molar-refractivity contribution is 6.24. The second kappa shape index (κ2) is 7.30. The predicted molar refractivity (Wildman–Crippen MR) is 110 cm³/mol. The van der Waals surface area contributed by atoms with Crippen molar-refractivity contribution in [2.24, 2.45) is 11.8 Å². The molecule has 1 aromatic carbocycles. The third-order valence-corrected chi connectivity index (χ3v) is 7.82. The van der Waals surface area contributed by atoms with Crippen LogP contribution in [0.15, 0.2) is 30.3 Å². The molecule has 4 aliphatic carbocycles. The summed E-state index contributed by atoms with van der Waals surface area (Å²) in [4.78, 5) is 12.3. The topological polar surface area (TPSA) is 69.6 Å². The lowest BCUT2D eigenvalue weighted by Gasteiger charge is -2.67. The first-order valence-electron chi connectivity index (χ1n) is 10.8. The lowest BCUT2D eigenvalue weighted by molar-refractivity contribution is -0.273. The number of carbonyl (C=O) groups is 1. The standard InChI is InChI=1S/C23H32ClNO3/c1-2-3-5-10-19(26)25-20(17-8-6-4-7-9-17)23(28)18-11-16-12-21(24,14-18)15-22(23,27)13-16/h4,6-9,16,18,20,27-28H,2-3,5,10-15H2,1H3,(H,25,26)/t16-,18+,20-,21+,22+,23-/m1/s1. The molecular weight excluding hydrogens is 374 g/mol. The molecule has 4 aliphatic rings. The van der Waals surface area contributed by atoms with Gasteiger partial charge in [0.2, 0.25) is 5.91 Å². The highest BCUT2D eigenvalue weighted by atomic mass is 35.5. The van der Waals surface area contributed by atoms with Crippen molar-refractivity contribution in [3.05, 3.63) is 35.9 Å². The van der Waals surface area contributed by atoms with Gasteiger partial charge in [0, 0.05) is 11.3 Å². The average Bonchev–Trinajstić information content (AvgIpc) is 2.63. The van der Waals surface area contributed by atoms with Crippen molar-refractivity contribution in [2.45, 2.75) is 86.8 Å². The van der Waals surface area contributed by atoms with Crippen molar-refractivity contribution in [1.29, 1.82) is 0 Å². The number of hydrogen-bond acceptors (Lipinski definition) is 3. The molecule has 3 N–H and O–H groups in total. The van der Waals surface area contributed by atoms with Crippen molar-refractivity contribution in [1.82, 2.24) is 5.32 Å². The summed E-state index contributed by atoms with van der Waals surface area (Å²) in [6.07, 6.45) is 6.77. The van der Waals surface area contributed by atoms with E-state index in [4.69, 9.17) is 11.6 Å². The van der Waals surface area contributed by atoms with Gasteiger partial charge >= 0.3 is 0 Å². The average molecular weight is 406 g/mol. The molecule has 0 saturated heterocycles. The Morgan fingerprint density at radius 2 is 1.96 bits per heavy atom. The van der Waals surface area contributed by atoms with E-state index >= 15 is 0 Å². The zero-order valence-electron chi connectivity index (χ0n) is 16.7. The molecule has 4 saturated carbocycles. The monoisotopic (exact) mass is 405 g/mol. The minimum atomic E-state index is -1.40. The van der Waals surface area contributed by atoms with E-state index in [-0.39, 0.29) is 11.8 Å². The van der Waals surface area contributed by atoms with Crippen LogP contribution in [0.1, 0.15) is 76.3 Å². The first-order valence-corrected chi connectivity index (χ1v) is 11.2. The Balaban J connectivity index is 1.67. The van der Waals surface area contributed by atoms with Crippen LogP contribution in [0.4, 0.5) is 0 Å². The van der Waals surface area contributed by atoms with Gasteiger partial charge in [0.15, 0.2) is 0 Å². The molecule has 4 nitrogen and oxygen atoms in total. The Bertz CT molecular complexity index is 728. The lowest BCUT2D eigenvalue weighted by atomic mass is 9.45. The lowest BCUT2D eigenvalue weighted by Crippen LogP contribution is -2.75. The van der Waals surface area contributed by atoms with Gasteiger partial charge < -0.3 is 15.5 Å². The number of carbonyl (C=O) groups excluding carboxylic acids is 1. The molecule has 0 heterocycles. The van der Waals surface area contributed by atoms with Gasteiger partial charge in [-0.25, -0.2) is 0 Å². The van der Waals surface area contributed by atoms with Gasteiger partial charge in [-0.05, 0) is 55.9 Å². The molecule has 1 aromatic rings. The van der Waals surface area contributed by atoms with Crippen LogP contribution >= 0.6 is 11.6 Å². The number of nitrogens with one attached hydrogen (secondary N) is 1. The fourth-order valence-corrected chi connectivity index (χ4v) is 7.00. The largest absolute Gasteiger partial charge is 0.387 e. The van der Waals surface area contributed by atoms with Crippen molar-refractivity contribution < 1.29 is 15.0 Å². The number of rotatable bonds is 7. The van der Waals surface area contributed by atoms with E-state index in [9.17, 15) is 15.0 Å². The maximum absolute atomic E-state index is 12.7. The molecule has 4 bridgehead atoms. The zero-order chi connectivity index (χ0) is 20.0. The van der Waals surface area contributed by atoms with Gasteiger partial charge in [0.05, 0.1) is 11.6 Å². The number of halogens is 1. The van der Waals surface area contributed by atoms with E-state index in [2.05, 4.69) is 12.2 Å². The second-order valence-electron chi connectivity index (χ2n) is 9.46. The molecule has 0 aromatic heterocycles. The third-order valence-electron chi connectivity index (χ3n) is 7.37. The molecule has 5 rings (SSSR count). The van der Waals surface area contributed by atoms with Crippen molar-refractivity contribution >= 4 is 17.5 Å². The second-order valence-corrected chi connectivity index (χ2v) is 10.3. The quantitative estimate of drug-likeness (QED) is 0.472. The van der Waals surface area contributed by atoms with Crippen LogP contribution in [0.2, 0.25) is 0 Å². The summed E-state index contributed by atoms with van der Waals surface area (Å²) in [5.74, 6) is 0.179. The number of aliphatic hydroxyl groups is 2. The van der Waals surface area contributed by atoms with E-state index in [1.54, 1.807) is 0 Å². The Morgan fingerprint density at radius 1 is 1.21 bits per heavy atom. The van der Waals surface area contributed by atoms with E-state index in [1.165, 1.54) is 0 Å². The van der Waals surface area contributed by atoms with Crippen LogP contribution in [0.5, 0.6) is 0 Å². The SMILES string of the molecule is CCCCCC(=O)N[C@H](c1ccccc1)[C@]1(O)[C@H]2C[C@@H]3C[C@](Cl)(C2)C[C@@]1(O)C3. The molecule has 4 fully saturated rings. The van der Waals surface area contributed by atoms with Gasteiger partial charge in [-0.15, -0.1) is 11.6 Å². The van der Waals surface area contributed by atoms with Crippen LogP contribution in [-0.2, 0) is 4.79 Å². The Labute approximate surface area is 172 Å². The third kappa shape index (κ3) is 3.28. The Morgan fingerprint density at radius 3 is 2.61 bits per heavy atom. The van der Waals surface area contributed by atoms with Gasteiger partial charge in [-0.3, -0.25) is 4.79 Å². The van der Waals surface area contributed by atoms with E-state index in [0.29, 0.717) is 31.6 Å². The highest BCUT2D eigenvalue weighted by Gasteiger charge is 2.71. The van der Waals surface area contributed by atoms with Crippen LogP contribution in [0.3, 0.4) is 0 Å². The normalized spacial score (nSPS) is 39.7. The summed E-state index contributed by atoms with van der Waals surface area (Å²) < 4.78 is 0. The summed E-state index contributed by atoms with van der Waals surface area (Å²) in [5.41, 5.74) is -1.82. The Kier molecular flexibility index (Phi) is 5.26. The van der Waals surface area contributed by atoms with E-state index < -0.39 is 22.1 Å². The van der Waals surface area contributed by atoms with E-state index in [0.717, 1.165) is 37.7 Å². The number of unbranched alkanes of at least 4 members (excludes halogenated alkanes) is 2. The smallest absolute Gasteiger partial charge is 0.220 e. The maximum Gasteiger partial charge on any atom is 0.220 e. The van der Waals surface area contributed by atoms with Gasteiger partial charge in [-0.1, -0.05) is 50.1 Å². The highest BCUT2D eigenvalue weighted by Crippen LogP contribution is 2.66. The number of amides is 1. The molecule has 5 heteroatoms. The fraction of sp³-hybridized carbons (Fsp3) is 0.696. The van der Waals surface area contributed by atoms with Gasteiger partial charge in [0.1, 0.15) is 5.60 Å². The minimum Gasteiger partial charge on any atom is -0.387 e. The molecule has 0 aliphatic heterocycles. The van der Waals surface area contributed by atoms with Gasteiger partial charge in [-0.2, -0.15) is 0 Å². The van der Waals surface area contributed by atoms with Crippen molar-refractivity contribution in [3.8, 4) is 0 Å². The summed E-state index contributed by atoms with van der Waals surface area (Å²) in [7, 11) is 0. The zero-order valence-corrected chi connectivity index (χ0v) is 17.4. The molecule has 28 heavy (non-hydrogen) atoms. The van der Waals surface area contributed by atoms with Crippen LogP contribution < -0.4 is 5.32 Å². The van der Waals surface area contributed by atoms with Crippen molar-refractivity contribution in [3.63, 3.8) is 0 Å². The van der Waals surface area contributed by atoms with Crippen LogP contribution in [0.25, 0.3) is 0 Å². The summed E-state index contributed by atoms with van der Waals surface area (Å²) in [6, 6.07) is 8.99. The number of hydrogen-bond donors (Lipinski definition) is 3. The first kappa shape index (κ1) is 20.2. The maximum atomic E-state index is 12.7. The van der Waals surface area contributed by atoms with Crippen LogP contribution in [0, 0.1) is 11.8 Å². The summed E-state index contributed by atoms with van der Waals surface area (Å²) >= 11 is 6.83. The summed E-state index contributed by atoms with van der Waals surface area (Å²) in [5, 5.41) is 26.8. The Hall–Kier alpha value is -1.10. The van der Waals surface area contributed by atoms with Crippen molar-refractivity contribution in [2.75, 3.05) is 0 Å². The summed E-state index contributed by atoms with van der Waals surface area (Å²) in [6.45, 7) is 2.11. The number of benzene rings is 1. The fourth-order valence-electron chi connectivity index (χ4n) is 6.37. The van der Waals surface area contributed by atoms with Gasteiger partial charge in [0.25, 0.3) is 0 Å².